The summed E-state index contributed by atoms with van der Waals surface area (Å²) in [6.07, 6.45) is 0. The molecule has 11 heavy (non-hydrogen) atoms. The normalized spacial score (nSPS) is 8.91. The molecule has 0 saturated carbocycles. The monoisotopic (exact) mass is 166 g/mol. The third kappa shape index (κ3) is 1.94. The molecular weight excluding hydrogens is 160 g/mol. The first-order chi connectivity index (χ1) is 5.24. The zero-order valence-corrected chi connectivity index (χ0v) is 6.85. The molecule has 0 N–H and O–H groups in total. The van der Waals surface area contributed by atoms with Crippen molar-refractivity contribution in [1.29, 1.82) is 0 Å². The van der Waals surface area contributed by atoms with E-state index in [2.05, 4.69) is 0 Å². The van der Waals surface area contributed by atoms with Gasteiger partial charge in [-0.1, -0.05) is 23.7 Å². The quantitative estimate of drug-likeness (QED) is 0.586. The van der Waals surface area contributed by atoms with Crippen LogP contribution in [0.2, 0.25) is 5.02 Å². The molecule has 0 aliphatic heterocycles. The third-order valence-corrected chi connectivity index (χ3v) is 1.68. The lowest BCUT2D eigenvalue weighted by molar-refractivity contribution is 0.569. The molecule has 0 saturated heterocycles. The first kappa shape index (κ1) is 8.06. The maximum atomic E-state index is 10.2. The highest BCUT2D eigenvalue weighted by atomic mass is 35.5. The van der Waals surface area contributed by atoms with Crippen molar-refractivity contribution in [2.45, 2.75) is 6.92 Å². The van der Waals surface area contributed by atoms with Gasteiger partial charge in [0.05, 0.1) is 0 Å². The first-order valence-corrected chi connectivity index (χ1v) is 3.59. The summed E-state index contributed by atoms with van der Waals surface area (Å²) >= 11 is 5.65. The number of hydrogen-bond donors (Lipinski definition) is 0. The highest BCUT2D eigenvalue weighted by molar-refractivity contribution is 6.30. The minimum Gasteiger partial charge on any atom is -0.233 e. The lowest BCUT2D eigenvalue weighted by atomic mass is 10.1. The van der Waals surface area contributed by atoms with Gasteiger partial charge in [-0.05, 0) is 24.6 Å². The van der Waals surface area contributed by atoms with Gasteiger partial charge in [0.15, 0.2) is 0 Å². The highest BCUT2D eigenvalue weighted by Gasteiger charge is 1.94. The van der Waals surface area contributed by atoms with Crippen molar-refractivity contribution in [2.24, 2.45) is 0 Å². The SMILES string of the molecule is CC(=C=O)c1ccc(Cl)cc1. The molecule has 1 aromatic carbocycles. The van der Waals surface area contributed by atoms with Crippen molar-refractivity contribution in [3.8, 4) is 0 Å². The minimum absolute atomic E-state index is 0.599. The van der Waals surface area contributed by atoms with Crippen molar-refractivity contribution >= 4 is 23.1 Å². The summed E-state index contributed by atoms with van der Waals surface area (Å²) in [6, 6.07) is 7.08. The highest BCUT2D eigenvalue weighted by Crippen LogP contribution is 2.14. The van der Waals surface area contributed by atoms with Gasteiger partial charge in [0, 0.05) is 10.6 Å². The van der Waals surface area contributed by atoms with E-state index >= 15 is 0 Å². The molecule has 0 heterocycles. The summed E-state index contributed by atoms with van der Waals surface area (Å²) in [5.74, 6) is 1.82. The van der Waals surface area contributed by atoms with E-state index < -0.39 is 0 Å². The second-order valence-electron chi connectivity index (χ2n) is 2.23. The summed E-state index contributed by atoms with van der Waals surface area (Å²) in [5, 5.41) is 0.674. The van der Waals surface area contributed by atoms with Gasteiger partial charge >= 0.3 is 0 Å². The smallest absolute Gasteiger partial charge is 0.128 e. The summed E-state index contributed by atoms with van der Waals surface area (Å²) in [4.78, 5) is 10.2. The fourth-order valence-corrected chi connectivity index (χ4v) is 0.885. The predicted molar refractivity (Wildman–Crippen MR) is 46.2 cm³/mol. The van der Waals surface area contributed by atoms with E-state index in [-0.39, 0.29) is 0 Å². The molecule has 1 aromatic rings. The Hall–Kier alpha value is -1.04. The van der Waals surface area contributed by atoms with Gasteiger partial charge < -0.3 is 0 Å². The van der Waals surface area contributed by atoms with Crippen LogP contribution in [-0.4, -0.2) is 5.94 Å². The van der Waals surface area contributed by atoms with Crippen LogP contribution in [0.1, 0.15) is 12.5 Å². The molecule has 56 valence electrons. The maximum absolute atomic E-state index is 10.2. The Morgan fingerprint density at radius 3 is 2.36 bits per heavy atom. The molecule has 0 radical (unpaired) electrons. The van der Waals surface area contributed by atoms with Crippen LogP contribution < -0.4 is 0 Å². The van der Waals surface area contributed by atoms with Gasteiger partial charge in [-0.15, -0.1) is 0 Å². The summed E-state index contributed by atoms with van der Waals surface area (Å²) in [6.45, 7) is 1.72. The van der Waals surface area contributed by atoms with Crippen molar-refractivity contribution < 1.29 is 4.79 Å². The topological polar surface area (TPSA) is 17.1 Å². The van der Waals surface area contributed by atoms with Gasteiger partial charge in [0.25, 0.3) is 0 Å². The van der Waals surface area contributed by atoms with Crippen molar-refractivity contribution in [3.05, 3.63) is 34.9 Å². The van der Waals surface area contributed by atoms with Crippen molar-refractivity contribution in [2.75, 3.05) is 0 Å². The molecule has 0 unspecified atom stereocenters. The average molecular weight is 167 g/mol. The van der Waals surface area contributed by atoms with E-state index in [0.29, 0.717) is 10.6 Å². The van der Waals surface area contributed by atoms with Crippen molar-refractivity contribution in [3.63, 3.8) is 0 Å². The molecule has 0 spiro atoms. The van der Waals surface area contributed by atoms with Crippen LogP contribution in [-0.2, 0) is 4.79 Å². The number of allylic oxidation sites excluding steroid dienone is 1. The molecule has 0 aliphatic carbocycles. The Bertz CT molecular complexity index is 294. The van der Waals surface area contributed by atoms with E-state index in [1.165, 1.54) is 0 Å². The second-order valence-corrected chi connectivity index (χ2v) is 2.67. The number of rotatable bonds is 1. The molecule has 0 bridgehead atoms. The Morgan fingerprint density at radius 2 is 1.91 bits per heavy atom. The zero-order chi connectivity index (χ0) is 8.27. The van der Waals surface area contributed by atoms with Gasteiger partial charge in [-0.3, -0.25) is 0 Å². The molecule has 0 atom stereocenters. The van der Waals surface area contributed by atoms with Crippen LogP contribution in [0.15, 0.2) is 24.3 Å². The largest absolute Gasteiger partial charge is 0.233 e. The third-order valence-electron chi connectivity index (χ3n) is 1.43. The Labute approximate surface area is 70.3 Å². The van der Waals surface area contributed by atoms with Gasteiger partial charge in [-0.25, -0.2) is 4.79 Å². The lowest BCUT2D eigenvalue weighted by Gasteiger charge is -1.95. The predicted octanol–water partition coefficient (Wildman–Crippen LogP) is 2.57. The number of hydrogen-bond acceptors (Lipinski definition) is 1. The summed E-state index contributed by atoms with van der Waals surface area (Å²) in [5.41, 5.74) is 1.46. The van der Waals surface area contributed by atoms with Gasteiger partial charge in [0.1, 0.15) is 5.94 Å². The van der Waals surface area contributed by atoms with E-state index in [1.54, 1.807) is 31.2 Å². The molecule has 0 aromatic heterocycles. The van der Waals surface area contributed by atoms with Crippen LogP contribution in [0.4, 0.5) is 0 Å². The fraction of sp³-hybridized carbons (Fsp3) is 0.111. The van der Waals surface area contributed by atoms with Crippen LogP contribution in [0.3, 0.4) is 0 Å². The Balaban J connectivity index is 3.08. The van der Waals surface area contributed by atoms with E-state index in [4.69, 9.17) is 11.6 Å². The van der Waals surface area contributed by atoms with Crippen LogP contribution in [0, 0.1) is 0 Å². The number of benzene rings is 1. The lowest BCUT2D eigenvalue weighted by Crippen LogP contribution is -1.77. The van der Waals surface area contributed by atoms with E-state index in [1.807, 2.05) is 5.94 Å². The first-order valence-electron chi connectivity index (χ1n) is 3.21. The molecule has 0 amide bonds. The molecule has 0 fully saturated rings. The zero-order valence-electron chi connectivity index (χ0n) is 6.10. The van der Waals surface area contributed by atoms with Gasteiger partial charge in [-0.2, -0.15) is 0 Å². The van der Waals surface area contributed by atoms with E-state index in [9.17, 15) is 4.79 Å². The standard InChI is InChI=1S/C9H7ClO/c1-7(6-11)8-2-4-9(10)5-3-8/h2-5H,1H3. The van der Waals surface area contributed by atoms with Crippen molar-refractivity contribution in [1.82, 2.24) is 0 Å². The van der Waals surface area contributed by atoms with Crippen LogP contribution in [0.5, 0.6) is 0 Å². The number of carbonyl (C=O) groups excluding carboxylic acids is 1. The average Bonchev–Trinajstić information content (AvgIpc) is 2.05. The second kappa shape index (κ2) is 3.38. The van der Waals surface area contributed by atoms with Crippen LogP contribution in [0.25, 0.3) is 5.57 Å². The Morgan fingerprint density at radius 1 is 1.36 bits per heavy atom. The van der Waals surface area contributed by atoms with Crippen LogP contribution >= 0.6 is 11.6 Å². The molecule has 1 rings (SSSR count). The molecule has 1 nitrogen and oxygen atoms in total. The molecule has 2 heteroatoms. The summed E-state index contributed by atoms with van der Waals surface area (Å²) in [7, 11) is 0. The maximum Gasteiger partial charge on any atom is 0.128 e. The molecular formula is C9H7ClO. The molecule has 0 aliphatic rings. The number of halogens is 1. The van der Waals surface area contributed by atoms with Gasteiger partial charge in [0.2, 0.25) is 0 Å². The minimum atomic E-state index is 0.599. The van der Waals surface area contributed by atoms with E-state index in [0.717, 1.165) is 5.56 Å². The Kier molecular flexibility index (Phi) is 2.48. The fourth-order valence-electron chi connectivity index (χ4n) is 0.759. The summed E-state index contributed by atoms with van der Waals surface area (Å²) < 4.78 is 0.